The number of carbonyl (C=O) groups is 1. The van der Waals surface area contributed by atoms with Crippen LogP contribution in [0.5, 0.6) is 0 Å². The zero-order valence-corrected chi connectivity index (χ0v) is 10.5. The molecule has 1 aliphatic rings. The Morgan fingerprint density at radius 1 is 1.41 bits per heavy atom. The van der Waals surface area contributed by atoms with Gasteiger partial charge >= 0.3 is 0 Å². The minimum atomic E-state index is 0.00674. The molecule has 0 radical (unpaired) electrons. The lowest BCUT2D eigenvalue weighted by molar-refractivity contribution is -0.118. The van der Waals surface area contributed by atoms with Crippen LogP contribution in [-0.2, 0) is 11.3 Å². The van der Waals surface area contributed by atoms with Crippen LogP contribution in [0.3, 0.4) is 0 Å². The number of hydrogen-bond donors (Lipinski definition) is 2. The minimum absolute atomic E-state index is 0.00674. The molecule has 1 amide bonds. The van der Waals surface area contributed by atoms with E-state index in [0.29, 0.717) is 11.7 Å². The van der Waals surface area contributed by atoms with Gasteiger partial charge in [0.25, 0.3) is 0 Å². The van der Waals surface area contributed by atoms with Gasteiger partial charge in [-0.15, -0.1) is 0 Å². The summed E-state index contributed by atoms with van der Waals surface area (Å²) in [5.74, 6) is 0.0535. The minimum Gasteiger partial charge on any atom is -0.303 e. The highest BCUT2D eigenvalue weighted by molar-refractivity contribution is 8.15. The van der Waals surface area contributed by atoms with Gasteiger partial charge < -0.3 is 10.7 Å². The number of amides is 1. The van der Waals surface area contributed by atoms with Crippen molar-refractivity contribution in [3.8, 4) is 0 Å². The van der Waals surface area contributed by atoms with Gasteiger partial charge in [-0.05, 0) is 12.0 Å². The lowest BCUT2D eigenvalue weighted by Gasteiger charge is -2.01. The quantitative estimate of drug-likeness (QED) is 0.798. The van der Waals surface area contributed by atoms with Gasteiger partial charge in [0, 0.05) is 0 Å². The Morgan fingerprint density at radius 3 is 2.82 bits per heavy atom. The second kappa shape index (κ2) is 5.72. The molecule has 0 saturated carbocycles. The van der Waals surface area contributed by atoms with Gasteiger partial charge in [-0.2, -0.15) is 5.10 Å². The van der Waals surface area contributed by atoms with Gasteiger partial charge in [0.2, 0.25) is 5.91 Å². The summed E-state index contributed by atoms with van der Waals surface area (Å²) in [4.78, 5) is 11.4. The van der Waals surface area contributed by atoms with Gasteiger partial charge in [0.05, 0.1) is 11.8 Å². The third kappa shape index (κ3) is 3.23. The van der Waals surface area contributed by atoms with Gasteiger partial charge in [-0.25, -0.2) is 0 Å². The molecule has 0 spiro atoms. The lowest BCUT2D eigenvalue weighted by Crippen LogP contribution is -2.25. The van der Waals surface area contributed by atoms with Crippen LogP contribution >= 0.6 is 11.8 Å². The summed E-state index contributed by atoms with van der Waals surface area (Å²) < 4.78 is 0. The summed E-state index contributed by atoms with van der Waals surface area (Å²) in [5.41, 5.74) is 4.13. The molecule has 1 saturated heterocycles. The van der Waals surface area contributed by atoms with Crippen molar-refractivity contribution in [2.24, 2.45) is 5.10 Å². The molecule has 1 aromatic carbocycles. The highest BCUT2D eigenvalue weighted by Gasteiger charge is 2.28. The molecule has 1 unspecified atom stereocenters. The van der Waals surface area contributed by atoms with Crippen LogP contribution < -0.4 is 10.7 Å². The first kappa shape index (κ1) is 12.0. The number of hydrazone groups is 1. The average molecular weight is 249 g/mol. The summed E-state index contributed by atoms with van der Waals surface area (Å²) >= 11 is 1.48. The molecule has 1 aliphatic heterocycles. The first-order valence-electron chi connectivity index (χ1n) is 5.61. The standard InChI is InChI=1S/C12H15N3OS/c1-2-10-11(16)14-12(17-10)15-13-8-9-6-4-3-5-7-9/h3-7,10,13H,2,8H2,1H3,(H,14,15,16). The van der Waals surface area contributed by atoms with Gasteiger partial charge in [-0.1, -0.05) is 49.0 Å². The Hall–Kier alpha value is -1.49. The van der Waals surface area contributed by atoms with Crippen molar-refractivity contribution < 1.29 is 4.79 Å². The van der Waals surface area contributed by atoms with E-state index in [0.717, 1.165) is 6.42 Å². The topological polar surface area (TPSA) is 53.5 Å². The summed E-state index contributed by atoms with van der Waals surface area (Å²) in [7, 11) is 0. The summed E-state index contributed by atoms with van der Waals surface area (Å²) in [6.45, 7) is 2.66. The summed E-state index contributed by atoms with van der Waals surface area (Å²) in [6, 6.07) is 10.0. The highest BCUT2D eigenvalue weighted by Crippen LogP contribution is 2.21. The monoisotopic (exact) mass is 249 g/mol. The first-order valence-corrected chi connectivity index (χ1v) is 6.49. The van der Waals surface area contributed by atoms with Crippen molar-refractivity contribution in [3.05, 3.63) is 35.9 Å². The number of hydrogen-bond acceptors (Lipinski definition) is 4. The van der Waals surface area contributed by atoms with E-state index >= 15 is 0 Å². The van der Waals surface area contributed by atoms with Crippen LogP contribution in [0.4, 0.5) is 0 Å². The average Bonchev–Trinajstić information content (AvgIpc) is 2.71. The summed E-state index contributed by atoms with van der Waals surface area (Å²) in [5, 5.41) is 7.59. The second-order valence-electron chi connectivity index (χ2n) is 3.74. The molecule has 1 aromatic rings. The molecule has 2 N–H and O–H groups in total. The third-order valence-electron chi connectivity index (χ3n) is 2.45. The van der Waals surface area contributed by atoms with Gasteiger partial charge in [0.1, 0.15) is 0 Å². The molecular weight excluding hydrogens is 234 g/mol. The number of nitrogens with zero attached hydrogens (tertiary/aromatic N) is 1. The van der Waals surface area contributed by atoms with E-state index in [-0.39, 0.29) is 11.2 Å². The fourth-order valence-corrected chi connectivity index (χ4v) is 2.40. The normalized spacial score (nSPS) is 21.6. The lowest BCUT2D eigenvalue weighted by atomic mass is 10.2. The van der Waals surface area contributed by atoms with Crippen molar-refractivity contribution >= 4 is 22.8 Å². The van der Waals surface area contributed by atoms with Crippen LogP contribution in [0.2, 0.25) is 0 Å². The number of thioether (sulfide) groups is 1. The zero-order chi connectivity index (χ0) is 12.1. The number of nitrogens with one attached hydrogen (secondary N) is 2. The van der Waals surface area contributed by atoms with E-state index in [1.165, 1.54) is 17.3 Å². The van der Waals surface area contributed by atoms with Crippen LogP contribution in [0.1, 0.15) is 18.9 Å². The fraction of sp³-hybridized carbons (Fsp3) is 0.333. The molecule has 1 atom stereocenters. The van der Waals surface area contributed by atoms with Gasteiger partial charge in [-0.3, -0.25) is 4.79 Å². The molecular formula is C12H15N3OS. The maximum absolute atomic E-state index is 11.4. The maximum atomic E-state index is 11.4. The van der Waals surface area contributed by atoms with Crippen LogP contribution in [0.15, 0.2) is 35.4 Å². The Kier molecular flexibility index (Phi) is 4.03. The molecule has 1 heterocycles. The zero-order valence-electron chi connectivity index (χ0n) is 9.64. The number of benzene rings is 1. The molecule has 5 heteroatoms. The SMILES string of the molecule is CCC1S/C(=N/NCc2ccccc2)NC1=O. The van der Waals surface area contributed by atoms with E-state index < -0.39 is 0 Å². The van der Waals surface area contributed by atoms with Crippen LogP contribution in [0, 0.1) is 0 Å². The molecule has 4 nitrogen and oxygen atoms in total. The van der Waals surface area contributed by atoms with Gasteiger partial charge in [0.15, 0.2) is 5.17 Å². The van der Waals surface area contributed by atoms with E-state index in [1.807, 2.05) is 37.3 Å². The second-order valence-corrected chi connectivity index (χ2v) is 4.93. The van der Waals surface area contributed by atoms with E-state index in [1.54, 1.807) is 0 Å². The van der Waals surface area contributed by atoms with Crippen LogP contribution in [-0.4, -0.2) is 16.3 Å². The van der Waals surface area contributed by atoms with E-state index in [9.17, 15) is 4.79 Å². The Morgan fingerprint density at radius 2 is 2.18 bits per heavy atom. The van der Waals surface area contributed by atoms with E-state index in [4.69, 9.17) is 0 Å². The molecule has 17 heavy (non-hydrogen) atoms. The summed E-state index contributed by atoms with van der Waals surface area (Å²) in [6.07, 6.45) is 0.828. The Bertz CT molecular complexity index is 419. The Balaban J connectivity index is 1.84. The van der Waals surface area contributed by atoms with E-state index in [2.05, 4.69) is 15.8 Å². The molecule has 2 rings (SSSR count). The molecule has 0 aromatic heterocycles. The Labute approximate surface area is 105 Å². The largest absolute Gasteiger partial charge is 0.303 e. The highest BCUT2D eigenvalue weighted by atomic mass is 32.2. The predicted octanol–water partition coefficient (Wildman–Crippen LogP) is 1.69. The first-order chi connectivity index (χ1) is 8.29. The van der Waals surface area contributed by atoms with Crippen molar-refractivity contribution in [3.63, 3.8) is 0 Å². The fourth-order valence-electron chi connectivity index (χ4n) is 1.53. The molecule has 0 bridgehead atoms. The smallest absolute Gasteiger partial charge is 0.239 e. The molecule has 90 valence electrons. The molecule has 1 fully saturated rings. The van der Waals surface area contributed by atoms with Crippen molar-refractivity contribution in [1.82, 2.24) is 10.7 Å². The number of amidine groups is 1. The number of carbonyl (C=O) groups excluding carboxylic acids is 1. The predicted molar refractivity (Wildman–Crippen MR) is 70.5 cm³/mol. The van der Waals surface area contributed by atoms with Crippen LogP contribution in [0.25, 0.3) is 0 Å². The number of rotatable bonds is 4. The maximum Gasteiger partial charge on any atom is 0.239 e. The van der Waals surface area contributed by atoms with Crippen molar-refractivity contribution in [2.45, 2.75) is 25.1 Å². The molecule has 0 aliphatic carbocycles. The van der Waals surface area contributed by atoms with Crippen molar-refractivity contribution in [1.29, 1.82) is 0 Å². The third-order valence-corrected chi connectivity index (χ3v) is 3.70. The van der Waals surface area contributed by atoms with Crippen molar-refractivity contribution in [2.75, 3.05) is 0 Å².